The minimum atomic E-state index is -4.48. The van der Waals surface area contributed by atoms with E-state index in [2.05, 4.69) is 15.9 Å². The maximum atomic E-state index is 12.8. The van der Waals surface area contributed by atoms with Gasteiger partial charge in [-0.25, -0.2) is 0 Å². The molecule has 0 aliphatic carbocycles. The number of benzene rings is 1. The van der Waals surface area contributed by atoms with Crippen molar-refractivity contribution >= 4 is 21.8 Å². The lowest BCUT2D eigenvalue weighted by Crippen LogP contribution is -2.34. The molecule has 0 saturated carbocycles. The first-order chi connectivity index (χ1) is 9.16. The lowest BCUT2D eigenvalue weighted by atomic mass is 10.1. The molecule has 112 valence electrons. The summed E-state index contributed by atoms with van der Waals surface area (Å²) >= 11 is 2.86. The second kappa shape index (κ2) is 6.61. The SMILES string of the molecule is CCN(CC(C)C)C(=O)c1ccc(Br)c(C(F)(F)F)c1. The van der Waals surface area contributed by atoms with E-state index in [-0.39, 0.29) is 21.9 Å². The molecule has 6 heteroatoms. The summed E-state index contributed by atoms with van der Waals surface area (Å²) in [6.07, 6.45) is -4.48. The molecule has 1 aromatic rings. The third-order valence-corrected chi connectivity index (χ3v) is 3.46. The summed E-state index contributed by atoms with van der Waals surface area (Å²) in [7, 11) is 0. The van der Waals surface area contributed by atoms with Crippen molar-refractivity contribution in [3.05, 3.63) is 33.8 Å². The molecule has 1 rings (SSSR count). The van der Waals surface area contributed by atoms with Gasteiger partial charge in [0.05, 0.1) is 5.56 Å². The first-order valence-electron chi connectivity index (χ1n) is 6.32. The van der Waals surface area contributed by atoms with Gasteiger partial charge >= 0.3 is 6.18 Å². The van der Waals surface area contributed by atoms with E-state index in [4.69, 9.17) is 0 Å². The lowest BCUT2D eigenvalue weighted by Gasteiger charge is -2.23. The minimum absolute atomic E-state index is 0.0584. The molecule has 0 aliphatic heterocycles. The summed E-state index contributed by atoms with van der Waals surface area (Å²) in [5, 5.41) is 0. The average Bonchev–Trinajstić information content (AvgIpc) is 2.34. The zero-order chi connectivity index (χ0) is 15.5. The van der Waals surface area contributed by atoms with E-state index in [9.17, 15) is 18.0 Å². The molecule has 2 nitrogen and oxygen atoms in total. The van der Waals surface area contributed by atoms with Crippen LogP contribution in [0, 0.1) is 5.92 Å². The van der Waals surface area contributed by atoms with Crippen LogP contribution in [0.3, 0.4) is 0 Å². The number of carbonyl (C=O) groups excluding carboxylic acids is 1. The highest BCUT2D eigenvalue weighted by Crippen LogP contribution is 2.35. The number of hydrogen-bond acceptors (Lipinski definition) is 1. The first kappa shape index (κ1) is 17.0. The molecular weight excluding hydrogens is 335 g/mol. The molecule has 0 atom stereocenters. The summed E-state index contributed by atoms with van der Waals surface area (Å²) in [5.41, 5.74) is -0.771. The Morgan fingerprint density at radius 2 is 1.95 bits per heavy atom. The zero-order valence-corrected chi connectivity index (χ0v) is 13.2. The Hall–Kier alpha value is -1.04. The Bertz CT molecular complexity index is 486. The topological polar surface area (TPSA) is 20.3 Å². The summed E-state index contributed by atoms with van der Waals surface area (Å²) in [4.78, 5) is 13.8. The zero-order valence-electron chi connectivity index (χ0n) is 11.6. The van der Waals surface area contributed by atoms with Crippen LogP contribution in [0.1, 0.15) is 36.7 Å². The Balaban J connectivity index is 3.10. The quantitative estimate of drug-likeness (QED) is 0.776. The van der Waals surface area contributed by atoms with Crippen LogP contribution in [0.4, 0.5) is 13.2 Å². The van der Waals surface area contributed by atoms with Gasteiger partial charge in [-0.3, -0.25) is 4.79 Å². The highest BCUT2D eigenvalue weighted by Gasteiger charge is 2.34. The highest BCUT2D eigenvalue weighted by molar-refractivity contribution is 9.10. The fourth-order valence-corrected chi connectivity index (χ4v) is 2.33. The second-order valence-electron chi connectivity index (χ2n) is 4.93. The number of nitrogens with zero attached hydrogens (tertiary/aromatic N) is 1. The molecule has 20 heavy (non-hydrogen) atoms. The Morgan fingerprint density at radius 1 is 1.35 bits per heavy atom. The van der Waals surface area contributed by atoms with Crippen LogP contribution in [0.25, 0.3) is 0 Å². The van der Waals surface area contributed by atoms with Gasteiger partial charge in [-0.15, -0.1) is 0 Å². The van der Waals surface area contributed by atoms with Gasteiger partial charge in [0.15, 0.2) is 0 Å². The number of rotatable bonds is 4. The summed E-state index contributed by atoms with van der Waals surface area (Å²) in [5.74, 6) is -0.115. The van der Waals surface area contributed by atoms with Gasteiger partial charge in [0.25, 0.3) is 5.91 Å². The lowest BCUT2D eigenvalue weighted by molar-refractivity contribution is -0.138. The predicted molar refractivity (Wildman–Crippen MR) is 75.6 cm³/mol. The van der Waals surface area contributed by atoms with E-state index in [0.717, 1.165) is 6.07 Å². The summed E-state index contributed by atoms with van der Waals surface area (Å²) in [6, 6.07) is 3.57. The summed E-state index contributed by atoms with van der Waals surface area (Å²) in [6.45, 7) is 6.71. The van der Waals surface area contributed by atoms with E-state index < -0.39 is 11.7 Å². The van der Waals surface area contributed by atoms with Crippen molar-refractivity contribution in [3.8, 4) is 0 Å². The Labute approximate surface area is 125 Å². The van der Waals surface area contributed by atoms with Crippen molar-refractivity contribution in [2.24, 2.45) is 5.92 Å². The van der Waals surface area contributed by atoms with Crippen LogP contribution in [0.5, 0.6) is 0 Å². The smallest absolute Gasteiger partial charge is 0.339 e. The van der Waals surface area contributed by atoms with Gasteiger partial charge in [-0.05, 0) is 31.0 Å². The van der Waals surface area contributed by atoms with Crippen LogP contribution in [-0.4, -0.2) is 23.9 Å². The van der Waals surface area contributed by atoms with E-state index in [0.29, 0.717) is 13.1 Å². The molecule has 0 saturated heterocycles. The van der Waals surface area contributed by atoms with Crippen molar-refractivity contribution in [2.45, 2.75) is 26.9 Å². The van der Waals surface area contributed by atoms with Crippen LogP contribution < -0.4 is 0 Å². The van der Waals surface area contributed by atoms with Crippen LogP contribution in [0.15, 0.2) is 22.7 Å². The van der Waals surface area contributed by atoms with Crippen molar-refractivity contribution in [3.63, 3.8) is 0 Å². The van der Waals surface area contributed by atoms with Crippen LogP contribution in [-0.2, 0) is 6.18 Å². The molecular formula is C14H17BrF3NO. The number of hydrogen-bond donors (Lipinski definition) is 0. The normalized spacial score (nSPS) is 11.8. The monoisotopic (exact) mass is 351 g/mol. The predicted octanol–water partition coefficient (Wildman–Crippen LogP) is 4.59. The molecule has 0 aliphatic rings. The molecule has 0 radical (unpaired) electrons. The number of alkyl halides is 3. The van der Waals surface area contributed by atoms with Crippen molar-refractivity contribution < 1.29 is 18.0 Å². The van der Waals surface area contributed by atoms with Gasteiger partial charge in [0.2, 0.25) is 0 Å². The van der Waals surface area contributed by atoms with E-state index >= 15 is 0 Å². The van der Waals surface area contributed by atoms with Gasteiger partial charge < -0.3 is 4.90 Å². The molecule has 0 heterocycles. The number of amides is 1. The average molecular weight is 352 g/mol. The second-order valence-corrected chi connectivity index (χ2v) is 5.78. The van der Waals surface area contributed by atoms with Gasteiger partial charge in [-0.1, -0.05) is 29.8 Å². The highest BCUT2D eigenvalue weighted by atomic mass is 79.9. The molecule has 0 spiro atoms. The number of carbonyl (C=O) groups is 1. The summed E-state index contributed by atoms with van der Waals surface area (Å²) < 4.78 is 38.4. The van der Waals surface area contributed by atoms with Gasteiger partial charge in [0, 0.05) is 23.1 Å². The molecule has 0 aromatic heterocycles. The minimum Gasteiger partial charge on any atom is -0.339 e. The maximum Gasteiger partial charge on any atom is 0.417 e. The number of halogens is 4. The molecule has 1 aromatic carbocycles. The Morgan fingerprint density at radius 3 is 2.40 bits per heavy atom. The van der Waals surface area contributed by atoms with Gasteiger partial charge in [0.1, 0.15) is 0 Å². The van der Waals surface area contributed by atoms with Crippen LogP contribution >= 0.6 is 15.9 Å². The standard InChI is InChI=1S/C14H17BrF3NO/c1-4-19(8-9(2)3)13(20)10-5-6-12(15)11(7-10)14(16,17)18/h5-7,9H,4,8H2,1-3H3. The van der Waals surface area contributed by atoms with E-state index in [1.54, 1.807) is 4.90 Å². The van der Waals surface area contributed by atoms with Crippen LogP contribution in [0.2, 0.25) is 0 Å². The van der Waals surface area contributed by atoms with E-state index in [1.807, 2.05) is 20.8 Å². The largest absolute Gasteiger partial charge is 0.417 e. The molecule has 0 bridgehead atoms. The van der Waals surface area contributed by atoms with E-state index in [1.165, 1.54) is 12.1 Å². The Kier molecular flexibility index (Phi) is 5.62. The first-order valence-corrected chi connectivity index (χ1v) is 7.12. The van der Waals surface area contributed by atoms with Gasteiger partial charge in [-0.2, -0.15) is 13.2 Å². The maximum absolute atomic E-state index is 12.8. The fraction of sp³-hybridized carbons (Fsp3) is 0.500. The van der Waals surface area contributed by atoms with Crippen molar-refractivity contribution in [1.29, 1.82) is 0 Å². The van der Waals surface area contributed by atoms with Crippen molar-refractivity contribution in [1.82, 2.24) is 4.90 Å². The molecule has 1 amide bonds. The molecule has 0 unspecified atom stereocenters. The third kappa shape index (κ3) is 4.23. The molecule has 0 N–H and O–H groups in total. The third-order valence-electron chi connectivity index (χ3n) is 2.77. The fourth-order valence-electron chi connectivity index (χ4n) is 1.85. The molecule has 0 fully saturated rings. The van der Waals surface area contributed by atoms with Crippen molar-refractivity contribution in [2.75, 3.05) is 13.1 Å².